The molecule has 178 valence electrons. The van der Waals surface area contributed by atoms with E-state index in [0.717, 1.165) is 49.7 Å². The van der Waals surface area contributed by atoms with Crippen molar-refractivity contribution >= 4 is 47.4 Å². The summed E-state index contributed by atoms with van der Waals surface area (Å²) in [5, 5.41) is 6.26. The summed E-state index contributed by atoms with van der Waals surface area (Å²) in [7, 11) is 0. The van der Waals surface area contributed by atoms with Gasteiger partial charge in [0.1, 0.15) is 6.10 Å². The number of guanidine groups is 1. The van der Waals surface area contributed by atoms with E-state index < -0.39 is 0 Å². The summed E-state index contributed by atoms with van der Waals surface area (Å²) in [5.74, 6) is 0.957. The second-order valence-electron chi connectivity index (χ2n) is 8.33. The van der Waals surface area contributed by atoms with Gasteiger partial charge >= 0.3 is 0 Å². The lowest BCUT2D eigenvalue weighted by molar-refractivity contribution is -0.142. The Hall–Kier alpha value is -1.88. The quantitative estimate of drug-likeness (QED) is 0.319. The first kappa shape index (κ1) is 26.4. The van der Waals surface area contributed by atoms with Crippen LogP contribution in [0.3, 0.4) is 0 Å². The van der Waals surface area contributed by atoms with Gasteiger partial charge in [-0.25, -0.2) is 4.99 Å². The first-order valence-corrected chi connectivity index (χ1v) is 11.3. The molecule has 1 aromatic carbocycles. The van der Waals surface area contributed by atoms with Gasteiger partial charge in [-0.15, -0.1) is 24.0 Å². The number of hydrogen-bond donors (Lipinski definition) is 2. The predicted molar refractivity (Wildman–Crippen MR) is 137 cm³/mol. The average molecular weight is 557 g/mol. The number of aliphatic imine (C=N–C) groups is 1. The normalized spacial score (nSPS) is 19.0. The highest BCUT2D eigenvalue weighted by atomic mass is 127. The number of amides is 2. The van der Waals surface area contributed by atoms with Gasteiger partial charge in [0.25, 0.3) is 5.91 Å². The van der Waals surface area contributed by atoms with E-state index in [1.165, 1.54) is 0 Å². The van der Waals surface area contributed by atoms with E-state index >= 15 is 0 Å². The largest absolute Gasteiger partial charge is 0.368 e. The van der Waals surface area contributed by atoms with Crippen LogP contribution in [0.25, 0.3) is 0 Å². The zero-order chi connectivity index (χ0) is 22.2. The standard InChI is InChI=1S/C23H35N5O3.HI/c1-4-24-23(25-16-18-7-9-19(10-8-18)26-21(29)17(2)3)28-13-11-27(12-14-28)22(30)20-6-5-15-31-20;/h7-10,17,20H,4-6,11-16H2,1-3H3,(H,24,25)(H,26,29);1H. The lowest BCUT2D eigenvalue weighted by atomic mass is 10.1. The number of benzene rings is 1. The molecule has 0 aliphatic carbocycles. The number of anilines is 1. The molecule has 0 spiro atoms. The summed E-state index contributed by atoms with van der Waals surface area (Å²) in [4.78, 5) is 33.3. The maximum atomic E-state index is 12.6. The van der Waals surface area contributed by atoms with Crippen LogP contribution in [0, 0.1) is 5.92 Å². The highest BCUT2D eigenvalue weighted by Gasteiger charge is 2.30. The summed E-state index contributed by atoms with van der Waals surface area (Å²) in [6, 6.07) is 7.80. The number of ether oxygens (including phenoxy) is 1. The number of hydrogen-bond acceptors (Lipinski definition) is 4. The van der Waals surface area contributed by atoms with Gasteiger partial charge in [0.15, 0.2) is 5.96 Å². The van der Waals surface area contributed by atoms with Crippen LogP contribution in [0.5, 0.6) is 0 Å². The summed E-state index contributed by atoms with van der Waals surface area (Å²) < 4.78 is 5.55. The molecule has 1 atom stereocenters. The van der Waals surface area contributed by atoms with E-state index in [4.69, 9.17) is 9.73 Å². The second-order valence-corrected chi connectivity index (χ2v) is 8.33. The van der Waals surface area contributed by atoms with Crippen LogP contribution in [-0.2, 0) is 20.9 Å². The van der Waals surface area contributed by atoms with Crippen LogP contribution < -0.4 is 10.6 Å². The van der Waals surface area contributed by atoms with E-state index in [2.05, 4.69) is 22.5 Å². The fourth-order valence-electron chi connectivity index (χ4n) is 3.69. The number of carbonyl (C=O) groups is 2. The minimum atomic E-state index is -0.248. The second kappa shape index (κ2) is 13.0. The van der Waals surface area contributed by atoms with E-state index in [9.17, 15) is 9.59 Å². The van der Waals surface area contributed by atoms with Gasteiger partial charge in [0, 0.05) is 50.9 Å². The van der Waals surface area contributed by atoms with Gasteiger partial charge in [-0.1, -0.05) is 26.0 Å². The minimum absolute atomic E-state index is 0. The third-order valence-electron chi connectivity index (χ3n) is 5.59. The Bertz CT molecular complexity index is 770. The van der Waals surface area contributed by atoms with E-state index in [1.807, 2.05) is 43.0 Å². The van der Waals surface area contributed by atoms with E-state index in [1.54, 1.807) is 0 Å². The van der Waals surface area contributed by atoms with Crippen LogP contribution in [0.1, 0.15) is 39.2 Å². The van der Waals surface area contributed by atoms with Gasteiger partial charge in [0.05, 0.1) is 6.54 Å². The molecule has 0 radical (unpaired) electrons. The first-order valence-electron chi connectivity index (χ1n) is 11.3. The molecule has 0 bridgehead atoms. The minimum Gasteiger partial charge on any atom is -0.368 e. The van der Waals surface area contributed by atoms with E-state index in [0.29, 0.717) is 26.2 Å². The highest BCUT2D eigenvalue weighted by molar-refractivity contribution is 14.0. The molecule has 0 saturated carbocycles. The van der Waals surface area contributed by atoms with Crippen molar-refractivity contribution in [3.63, 3.8) is 0 Å². The summed E-state index contributed by atoms with van der Waals surface area (Å²) in [6.45, 7) is 10.7. The first-order chi connectivity index (χ1) is 15.0. The highest BCUT2D eigenvalue weighted by Crippen LogP contribution is 2.16. The van der Waals surface area contributed by atoms with Crippen molar-refractivity contribution in [3.8, 4) is 0 Å². The molecule has 0 aromatic heterocycles. The van der Waals surface area contributed by atoms with Crippen molar-refractivity contribution in [1.82, 2.24) is 15.1 Å². The molecule has 2 fully saturated rings. The Morgan fingerprint density at radius 2 is 1.78 bits per heavy atom. The molecule has 2 amide bonds. The maximum Gasteiger partial charge on any atom is 0.251 e. The summed E-state index contributed by atoms with van der Waals surface area (Å²) >= 11 is 0. The number of carbonyl (C=O) groups excluding carboxylic acids is 2. The van der Waals surface area contributed by atoms with Crippen molar-refractivity contribution in [3.05, 3.63) is 29.8 Å². The summed E-state index contributed by atoms with van der Waals surface area (Å²) in [6.07, 6.45) is 1.56. The van der Waals surface area contributed by atoms with Crippen molar-refractivity contribution in [2.24, 2.45) is 10.9 Å². The fraction of sp³-hybridized carbons (Fsp3) is 0.609. The van der Waals surface area contributed by atoms with Gasteiger partial charge in [0.2, 0.25) is 5.91 Å². The van der Waals surface area contributed by atoms with Crippen LogP contribution in [-0.4, -0.2) is 73.0 Å². The van der Waals surface area contributed by atoms with Crippen molar-refractivity contribution in [1.29, 1.82) is 0 Å². The molecule has 2 aliphatic heterocycles. The topological polar surface area (TPSA) is 86.3 Å². The number of rotatable bonds is 6. The van der Waals surface area contributed by atoms with Crippen LogP contribution in [0.15, 0.2) is 29.3 Å². The molecule has 1 unspecified atom stereocenters. The molecule has 8 nitrogen and oxygen atoms in total. The molecule has 2 heterocycles. The van der Waals surface area contributed by atoms with Crippen LogP contribution >= 0.6 is 24.0 Å². The molecular formula is C23H36IN5O3. The molecule has 3 rings (SSSR count). The SMILES string of the molecule is CCNC(=NCc1ccc(NC(=O)C(C)C)cc1)N1CCN(C(=O)C2CCCO2)CC1.I. The predicted octanol–water partition coefficient (Wildman–Crippen LogP) is 2.69. The Balaban J connectivity index is 0.00000363. The molecule has 2 saturated heterocycles. The van der Waals surface area contributed by atoms with E-state index in [-0.39, 0.29) is 47.8 Å². The number of piperazine rings is 1. The number of nitrogens with one attached hydrogen (secondary N) is 2. The lowest BCUT2D eigenvalue weighted by Gasteiger charge is -2.37. The Labute approximate surface area is 208 Å². The fourth-order valence-corrected chi connectivity index (χ4v) is 3.69. The number of nitrogens with zero attached hydrogens (tertiary/aromatic N) is 3. The Morgan fingerprint density at radius 3 is 2.34 bits per heavy atom. The van der Waals surface area contributed by atoms with Gasteiger partial charge in [-0.3, -0.25) is 9.59 Å². The molecular weight excluding hydrogens is 521 g/mol. The average Bonchev–Trinajstić information content (AvgIpc) is 3.32. The molecule has 2 N–H and O–H groups in total. The molecule has 2 aliphatic rings. The maximum absolute atomic E-state index is 12.6. The third kappa shape index (κ3) is 7.33. The van der Waals surface area contributed by atoms with Gasteiger partial charge in [-0.2, -0.15) is 0 Å². The van der Waals surface area contributed by atoms with Crippen molar-refractivity contribution in [2.45, 2.75) is 46.3 Å². The smallest absolute Gasteiger partial charge is 0.251 e. The summed E-state index contributed by atoms with van der Waals surface area (Å²) in [5.41, 5.74) is 1.87. The third-order valence-corrected chi connectivity index (χ3v) is 5.59. The molecule has 32 heavy (non-hydrogen) atoms. The Kier molecular flexibility index (Phi) is 10.7. The molecule has 1 aromatic rings. The molecule has 9 heteroatoms. The van der Waals surface area contributed by atoms with Crippen molar-refractivity contribution < 1.29 is 14.3 Å². The zero-order valence-corrected chi connectivity index (χ0v) is 21.6. The number of halogens is 1. The lowest BCUT2D eigenvalue weighted by Crippen LogP contribution is -2.55. The van der Waals surface area contributed by atoms with Gasteiger partial charge in [-0.05, 0) is 37.5 Å². The van der Waals surface area contributed by atoms with Gasteiger partial charge < -0.3 is 25.2 Å². The monoisotopic (exact) mass is 557 g/mol. The van der Waals surface area contributed by atoms with Crippen LogP contribution in [0.2, 0.25) is 0 Å². The van der Waals surface area contributed by atoms with Crippen LogP contribution in [0.4, 0.5) is 5.69 Å². The Morgan fingerprint density at radius 1 is 1.12 bits per heavy atom. The zero-order valence-electron chi connectivity index (χ0n) is 19.3. The van der Waals surface area contributed by atoms with Crippen molar-refractivity contribution in [2.75, 3.05) is 44.6 Å².